The maximum absolute atomic E-state index is 11.2. The standard InChI is InChI=1S/C17H16O3/c1-11-15(3-2-4-16(11)17(18)19)12-5-7-13(8-6-12)20-14-9-10-14/h2-8,14H,9-10H2,1H3,(H,18,19). The van der Waals surface area contributed by atoms with Gasteiger partial charge in [-0.3, -0.25) is 0 Å². The molecule has 1 saturated carbocycles. The average molecular weight is 268 g/mol. The lowest BCUT2D eigenvalue weighted by atomic mass is 9.96. The van der Waals surface area contributed by atoms with E-state index in [4.69, 9.17) is 9.84 Å². The molecule has 0 heterocycles. The third-order valence-corrected chi connectivity index (χ3v) is 3.56. The normalized spacial score (nSPS) is 14.1. The Bertz CT molecular complexity index is 640. The number of hydrogen-bond acceptors (Lipinski definition) is 2. The number of carbonyl (C=O) groups is 1. The van der Waals surface area contributed by atoms with Gasteiger partial charge in [0.25, 0.3) is 0 Å². The highest BCUT2D eigenvalue weighted by molar-refractivity contribution is 5.92. The molecule has 0 bridgehead atoms. The molecule has 0 atom stereocenters. The van der Waals surface area contributed by atoms with Crippen molar-refractivity contribution in [3.05, 3.63) is 53.6 Å². The highest BCUT2D eigenvalue weighted by Gasteiger charge is 2.23. The van der Waals surface area contributed by atoms with Crippen LogP contribution in [-0.4, -0.2) is 17.2 Å². The fourth-order valence-electron chi connectivity index (χ4n) is 2.27. The van der Waals surface area contributed by atoms with Crippen LogP contribution in [-0.2, 0) is 0 Å². The van der Waals surface area contributed by atoms with Crippen LogP contribution in [0.25, 0.3) is 11.1 Å². The monoisotopic (exact) mass is 268 g/mol. The summed E-state index contributed by atoms with van der Waals surface area (Å²) in [7, 11) is 0. The number of ether oxygens (including phenoxy) is 1. The molecule has 0 amide bonds. The Morgan fingerprint density at radius 2 is 1.85 bits per heavy atom. The number of hydrogen-bond donors (Lipinski definition) is 1. The maximum atomic E-state index is 11.2. The van der Waals surface area contributed by atoms with E-state index < -0.39 is 5.97 Å². The first-order chi connectivity index (χ1) is 9.65. The molecule has 1 aliphatic rings. The predicted molar refractivity (Wildman–Crippen MR) is 77.2 cm³/mol. The van der Waals surface area contributed by atoms with Gasteiger partial charge in [-0.05, 0) is 54.7 Å². The van der Waals surface area contributed by atoms with Gasteiger partial charge in [-0.25, -0.2) is 4.79 Å². The summed E-state index contributed by atoms with van der Waals surface area (Å²) in [6.07, 6.45) is 2.67. The zero-order valence-electron chi connectivity index (χ0n) is 11.3. The lowest BCUT2D eigenvalue weighted by Crippen LogP contribution is -2.00. The number of carboxylic acids is 1. The van der Waals surface area contributed by atoms with E-state index in [1.165, 1.54) is 0 Å². The Morgan fingerprint density at radius 1 is 1.15 bits per heavy atom. The zero-order valence-corrected chi connectivity index (χ0v) is 11.3. The van der Waals surface area contributed by atoms with Crippen molar-refractivity contribution in [1.82, 2.24) is 0 Å². The average Bonchev–Trinajstić information content (AvgIpc) is 3.24. The van der Waals surface area contributed by atoms with Crippen LogP contribution in [0.5, 0.6) is 5.75 Å². The van der Waals surface area contributed by atoms with Gasteiger partial charge in [-0.15, -0.1) is 0 Å². The molecule has 0 spiro atoms. The molecule has 0 radical (unpaired) electrons. The lowest BCUT2D eigenvalue weighted by molar-refractivity contribution is 0.0696. The van der Waals surface area contributed by atoms with Gasteiger partial charge in [0.15, 0.2) is 0 Å². The van der Waals surface area contributed by atoms with Crippen LogP contribution in [0.15, 0.2) is 42.5 Å². The van der Waals surface area contributed by atoms with E-state index in [-0.39, 0.29) is 0 Å². The van der Waals surface area contributed by atoms with Crippen molar-refractivity contribution in [3.63, 3.8) is 0 Å². The first-order valence-electron chi connectivity index (χ1n) is 6.75. The van der Waals surface area contributed by atoms with Crippen molar-refractivity contribution in [2.24, 2.45) is 0 Å². The van der Waals surface area contributed by atoms with E-state index in [0.717, 1.165) is 35.3 Å². The second-order valence-corrected chi connectivity index (χ2v) is 5.12. The Labute approximate surface area is 117 Å². The summed E-state index contributed by atoms with van der Waals surface area (Å²) < 4.78 is 5.71. The van der Waals surface area contributed by atoms with Gasteiger partial charge in [0.05, 0.1) is 11.7 Å². The van der Waals surface area contributed by atoms with Crippen LogP contribution in [0, 0.1) is 6.92 Å². The molecule has 1 fully saturated rings. The minimum atomic E-state index is -0.891. The highest BCUT2D eigenvalue weighted by Crippen LogP contribution is 2.30. The summed E-state index contributed by atoms with van der Waals surface area (Å²) in [4.78, 5) is 11.2. The van der Waals surface area contributed by atoms with Crippen LogP contribution >= 0.6 is 0 Å². The number of benzene rings is 2. The second-order valence-electron chi connectivity index (χ2n) is 5.12. The minimum Gasteiger partial charge on any atom is -0.490 e. The lowest BCUT2D eigenvalue weighted by Gasteiger charge is -2.10. The SMILES string of the molecule is Cc1c(C(=O)O)cccc1-c1ccc(OC2CC2)cc1. The van der Waals surface area contributed by atoms with Gasteiger partial charge in [0.2, 0.25) is 0 Å². The van der Waals surface area contributed by atoms with E-state index in [2.05, 4.69) is 0 Å². The summed E-state index contributed by atoms with van der Waals surface area (Å²) in [6.45, 7) is 1.84. The Morgan fingerprint density at radius 3 is 2.45 bits per heavy atom. The zero-order chi connectivity index (χ0) is 14.1. The van der Waals surface area contributed by atoms with E-state index in [0.29, 0.717) is 11.7 Å². The van der Waals surface area contributed by atoms with Gasteiger partial charge in [-0.2, -0.15) is 0 Å². The first-order valence-corrected chi connectivity index (χ1v) is 6.75. The fourth-order valence-corrected chi connectivity index (χ4v) is 2.27. The molecule has 0 aliphatic heterocycles. The van der Waals surface area contributed by atoms with Gasteiger partial charge >= 0.3 is 5.97 Å². The van der Waals surface area contributed by atoms with Gasteiger partial charge in [-0.1, -0.05) is 24.3 Å². The molecule has 1 N–H and O–H groups in total. The van der Waals surface area contributed by atoms with Crippen molar-refractivity contribution >= 4 is 5.97 Å². The molecule has 3 nitrogen and oxygen atoms in total. The molecular formula is C17H16O3. The van der Waals surface area contributed by atoms with Crippen LogP contribution in [0.3, 0.4) is 0 Å². The van der Waals surface area contributed by atoms with Crippen LogP contribution in [0.1, 0.15) is 28.8 Å². The van der Waals surface area contributed by atoms with Crippen LogP contribution in [0.4, 0.5) is 0 Å². The second kappa shape index (κ2) is 5.00. The van der Waals surface area contributed by atoms with E-state index >= 15 is 0 Å². The summed E-state index contributed by atoms with van der Waals surface area (Å²) in [5.41, 5.74) is 3.09. The Hall–Kier alpha value is -2.29. The Balaban J connectivity index is 1.91. The van der Waals surface area contributed by atoms with E-state index in [9.17, 15) is 4.79 Å². The molecule has 3 heteroatoms. The molecule has 102 valence electrons. The molecule has 0 aromatic heterocycles. The van der Waals surface area contributed by atoms with Crippen molar-refractivity contribution in [1.29, 1.82) is 0 Å². The highest BCUT2D eigenvalue weighted by atomic mass is 16.5. The third kappa shape index (κ3) is 2.52. The quantitative estimate of drug-likeness (QED) is 0.914. The van der Waals surface area contributed by atoms with Crippen molar-refractivity contribution in [3.8, 4) is 16.9 Å². The number of aromatic carboxylic acids is 1. The topological polar surface area (TPSA) is 46.5 Å². The van der Waals surface area contributed by atoms with Crippen molar-refractivity contribution in [2.75, 3.05) is 0 Å². The van der Waals surface area contributed by atoms with E-state index in [1.807, 2.05) is 37.3 Å². The summed E-state index contributed by atoms with van der Waals surface area (Å²) >= 11 is 0. The molecule has 3 rings (SSSR count). The maximum Gasteiger partial charge on any atom is 0.335 e. The van der Waals surface area contributed by atoms with Gasteiger partial charge in [0.1, 0.15) is 5.75 Å². The predicted octanol–water partition coefficient (Wildman–Crippen LogP) is 3.90. The smallest absolute Gasteiger partial charge is 0.335 e. The van der Waals surface area contributed by atoms with Gasteiger partial charge < -0.3 is 9.84 Å². The van der Waals surface area contributed by atoms with Gasteiger partial charge in [0, 0.05) is 0 Å². The molecule has 2 aromatic rings. The third-order valence-electron chi connectivity index (χ3n) is 3.56. The van der Waals surface area contributed by atoms with Crippen molar-refractivity contribution < 1.29 is 14.6 Å². The molecular weight excluding hydrogens is 252 g/mol. The molecule has 2 aromatic carbocycles. The number of carboxylic acid groups (broad SMARTS) is 1. The van der Waals surface area contributed by atoms with Crippen LogP contribution in [0.2, 0.25) is 0 Å². The molecule has 0 saturated heterocycles. The Kier molecular flexibility index (Phi) is 3.18. The molecule has 0 unspecified atom stereocenters. The summed E-state index contributed by atoms with van der Waals surface area (Å²) in [6, 6.07) is 13.2. The largest absolute Gasteiger partial charge is 0.490 e. The van der Waals surface area contributed by atoms with Crippen LogP contribution < -0.4 is 4.74 Å². The van der Waals surface area contributed by atoms with Crippen molar-refractivity contribution in [2.45, 2.75) is 25.9 Å². The summed E-state index contributed by atoms with van der Waals surface area (Å²) in [5.74, 6) is -0.0127. The molecule has 1 aliphatic carbocycles. The molecule has 20 heavy (non-hydrogen) atoms. The fraction of sp³-hybridized carbons (Fsp3) is 0.235. The minimum absolute atomic E-state index is 0.348. The van der Waals surface area contributed by atoms with E-state index in [1.54, 1.807) is 12.1 Å². The first kappa shape index (κ1) is 12.7. The number of rotatable bonds is 4. The summed E-state index contributed by atoms with van der Waals surface area (Å²) in [5, 5.41) is 9.17.